The molecule has 1 amide bonds. The van der Waals surface area contributed by atoms with Gasteiger partial charge in [0.05, 0.1) is 19.8 Å². The zero-order valence-corrected chi connectivity index (χ0v) is 14.6. The standard InChI is InChI=1S/C17H21N3O3S/c1-22-10-16-19-13(11-24-16)17(21)20-8-7-18-9-14(20)12-5-3-4-6-15(12)23-2/h3-6,11,14,18H,7-10H2,1-2H3. The van der Waals surface area contributed by atoms with Crippen molar-refractivity contribution < 1.29 is 14.3 Å². The number of para-hydroxylation sites is 1. The topological polar surface area (TPSA) is 63.7 Å². The number of methoxy groups -OCH3 is 2. The number of nitrogens with zero attached hydrogens (tertiary/aromatic N) is 2. The maximum absolute atomic E-state index is 13.0. The number of rotatable bonds is 5. The first-order valence-corrected chi connectivity index (χ1v) is 8.70. The molecule has 2 heterocycles. The summed E-state index contributed by atoms with van der Waals surface area (Å²) in [4.78, 5) is 19.2. The number of nitrogens with one attached hydrogen (secondary N) is 1. The van der Waals surface area contributed by atoms with Gasteiger partial charge >= 0.3 is 0 Å². The van der Waals surface area contributed by atoms with Crippen molar-refractivity contribution in [1.82, 2.24) is 15.2 Å². The van der Waals surface area contributed by atoms with Crippen LogP contribution in [0, 0.1) is 0 Å². The number of carbonyl (C=O) groups excluding carboxylic acids is 1. The van der Waals surface area contributed by atoms with Crippen molar-refractivity contribution >= 4 is 17.2 Å². The minimum atomic E-state index is -0.0741. The highest BCUT2D eigenvalue weighted by molar-refractivity contribution is 7.09. The fourth-order valence-electron chi connectivity index (χ4n) is 2.91. The summed E-state index contributed by atoms with van der Waals surface area (Å²) in [5.41, 5.74) is 1.49. The van der Waals surface area contributed by atoms with Gasteiger partial charge in [-0.05, 0) is 6.07 Å². The third kappa shape index (κ3) is 3.43. The molecular formula is C17H21N3O3S. The number of piperazine rings is 1. The molecule has 7 heteroatoms. The first kappa shape index (κ1) is 16.9. The molecule has 0 spiro atoms. The van der Waals surface area contributed by atoms with Crippen molar-refractivity contribution in [3.05, 3.63) is 45.9 Å². The summed E-state index contributed by atoms with van der Waals surface area (Å²) in [5.74, 6) is 0.744. The zero-order chi connectivity index (χ0) is 16.9. The molecule has 1 saturated heterocycles. The molecule has 0 aliphatic carbocycles. The molecule has 1 fully saturated rings. The molecule has 1 aromatic carbocycles. The van der Waals surface area contributed by atoms with Crippen LogP contribution in [0.25, 0.3) is 0 Å². The summed E-state index contributed by atoms with van der Waals surface area (Å²) in [5, 5.41) is 5.97. The van der Waals surface area contributed by atoms with E-state index in [9.17, 15) is 4.79 Å². The Labute approximate surface area is 145 Å². The summed E-state index contributed by atoms with van der Waals surface area (Å²) in [6.45, 7) is 2.53. The second kappa shape index (κ2) is 7.74. The van der Waals surface area contributed by atoms with Crippen LogP contribution in [0.5, 0.6) is 5.75 Å². The van der Waals surface area contributed by atoms with Gasteiger partial charge in [0.2, 0.25) is 0 Å². The number of benzene rings is 1. The van der Waals surface area contributed by atoms with E-state index < -0.39 is 0 Å². The van der Waals surface area contributed by atoms with E-state index in [1.807, 2.05) is 29.2 Å². The number of hydrogen-bond donors (Lipinski definition) is 1. The van der Waals surface area contributed by atoms with E-state index in [1.165, 1.54) is 11.3 Å². The van der Waals surface area contributed by atoms with Crippen LogP contribution in [0.3, 0.4) is 0 Å². The van der Waals surface area contributed by atoms with Gasteiger partial charge in [-0.15, -0.1) is 11.3 Å². The van der Waals surface area contributed by atoms with Gasteiger partial charge in [-0.25, -0.2) is 4.98 Å². The molecule has 6 nitrogen and oxygen atoms in total. The fraction of sp³-hybridized carbons (Fsp3) is 0.412. The Kier molecular flexibility index (Phi) is 5.44. The van der Waals surface area contributed by atoms with Gasteiger partial charge in [0.1, 0.15) is 16.5 Å². The van der Waals surface area contributed by atoms with Gasteiger partial charge in [0.15, 0.2) is 0 Å². The van der Waals surface area contributed by atoms with E-state index in [0.717, 1.165) is 22.9 Å². The maximum atomic E-state index is 13.0. The van der Waals surface area contributed by atoms with Gasteiger partial charge < -0.3 is 19.7 Å². The number of thiazole rings is 1. The lowest BCUT2D eigenvalue weighted by Crippen LogP contribution is -2.48. The Bertz CT molecular complexity index is 704. The lowest BCUT2D eigenvalue weighted by atomic mass is 10.0. The number of aromatic nitrogens is 1. The second-order valence-electron chi connectivity index (χ2n) is 5.52. The van der Waals surface area contributed by atoms with Crippen LogP contribution < -0.4 is 10.1 Å². The van der Waals surface area contributed by atoms with E-state index in [0.29, 0.717) is 25.4 Å². The highest BCUT2D eigenvalue weighted by Gasteiger charge is 2.31. The molecule has 1 aromatic heterocycles. The molecule has 128 valence electrons. The van der Waals surface area contributed by atoms with Crippen molar-refractivity contribution in [2.45, 2.75) is 12.6 Å². The Morgan fingerprint density at radius 2 is 2.25 bits per heavy atom. The van der Waals surface area contributed by atoms with E-state index in [4.69, 9.17) is 9.47 Å². The second-order valence-corrected chi connectivity index (χ2v) is 6.46. The Morgan fingerprint density at radius 3 is 3.04 bits per heavy atom. The Morgan fingerprint density at radius 1 is 1.42 bits per heavy atom. The van der Waals surface area contributed by atoms with Gasteiger partial charge in [0, 0.05) is 37.7 Å². The average Bonchev–Trinajstić information content (AvgIpc) is 3.10. The number of ether oxygens (including phenoxy) is 2. The van der Waals surface area contributed by atoms with Crippen molar-refractivity contribution in [2.75, 3.05) is 33.9 Å². The molecule has 0 bridgehead atoms. The number of hydrogen-bond acceptors (Lipinski definition) is 6. The molecule has 2 aromatic rings. The van der Waals surface area contributed by atoms with Crippen LogP contribution >= 0.6 is 11.3 Å². The Hall–Kier alpha value is -1.96. The minimum absolute atomic E-state index is 0.0500. The smallest absolute Gasteiger partial charge is 0.273 e. The first-order chi connectivity index (χ1) is 11.7. The van der Waals surface area contributed by atoms with Crippen molar-refractivity contribution in [3.8, 4) is 5.75 Å². The first-order valence-electron chi connectivity index (χ1n) is 7.82. The molecular weight excluding hydrogens is 326 g/mol. The molecule has 1 aliphatic heterocycles. The molecule has 1 unspecified atom stereocenters. The maximum Gasteiger partial charge on any atom is 0.273 e. The molecule has 0 radical (unpaired) electrons. The molecule has 3 rings (SSSR count). The SMILES string of the molecule is COCc1nc(C(=O)N2CCNCC2c2ccccc2OC)cs1. The molecule has 24 heavy (non-hydrogen) atoms. The van der Waals surface area contributed by atoms with Crippen LogP contribution in [0.15, 0.2) is 29.6 Å². The molecule has 1 aliphatic rings. The van der Waals surface area contributed by atoms with Crippen molar-refractivity contribution in [3.63, 3.8) is 0 Å². The predicted octanol–water partition coefficient (Wildman–Crippen LogP) is 2.08. The van der Waals surface area contributed by atoms with Gasteiger partial charge in [-0.2, -0.15) is 0 Å². The van der Waals surface area contributed by atoms with Crippen LogP contribution in [0.2, 0.25) is 0 Å². The lowest BCUT2D eigenvalue weighted by molar-refractivity contribution is 0.0625. The monoisotopic (exact) mass is 347 g/mol. The van der Waals surface area contributed by atoms with E-state index in [2.05, 4.69) is 10.3 Å². The number of amides is 1. The van der Waals surface area contributed by atoms with E-state index in [1.54, 1.807) is 19.6 Å². The Balaban J connectivity index is 1.87. The van der Waals surface area contributed by atoms with E-state index >= 15 is 0 Å². The molecule has 1 N–H and O–H groups in total. The normalized spacial score (nSPS) is 17.8. The zero-order valence-electron chi connectivity index (χ0n) is 13.8. The fourth-order valence-corrected chi connectivity index (χ4v) is 3.65. The summed E-state index contributed by atoms with van der Waals surface area (Å²) < 4.78 is 10.6. The predicted molar refractivity (Wildman–Crippen MR) is 92.5 cm³/mol. The van der Waals surface area contributed by atoms with E-state index in [-0.39, 0.29) is 11.9 Å². The van der Waals surface area contributed by atoms with Gasteiger partial charge in [-0.1, -0.05) is 18.2 Å². The highest BCUT2D eigenvalue weighted by atomic mass is 32.1. The quantitative estimate of drug-likeness (QED) is 0.897. The van der Waals surface area contributed by atoms with Gasteiger partial charge in [-0.3, -0.25) is 4.79 Å². The van der Waals surface area contributed by atoms with Crippen LogP contribution in [0.1, 0.15) is 27.1 Å². The van der Waals surface area contributed by atoms with Gasteiger partial charge in [0.25, 0.3) is 5.91 Å². The third-order valence-corrected chi connectivity index (χ3v) is 4.86. The summed E-state index contributed by atoms with van der Waals surface area (Å²) in [6.07, 6.45) is 0. The molecule has 0 saturated carbocycles. The van der Waals surface area contributed by atoms with Crippen LogP contribution in [-0.4, -0.2) is 49.6 Å². The third-order valence-electron chi connectivity index (χ3n) is 4.04. The van der Waals surface area contributed by atoms with Crippen LogP contribution in [0.4, 0.5) is 0 Å². The largest absolute Gasteiger partial charge is 0.496 e. The van der Waals surface area contributed by atoms with Crippen molar-refractivity contribution in [2.24, 2.45) is 0 Å². The summed E-state index contributed by atoms with van der Waals surface area (Å²) in [6, 6.07) is 7.76. The minimum Gasteiger partial charge on any atom is -0.496 e. The molecule has 1 atom stereocenters. The summed E-state index contributed by atoms with van der Waals surface area (Å²) in [7, 11) is 3.27. The lowest BCUT2D eigenvalue weighted by Gasteiger charge is -2.36. The number of carbonyl (C=O) groups is 1. The average molecular weight is 347 g/mol. The van der Waals surface area contributed by atoms with Crippen LogP contribution in [-0.2, 0) is 11.3 Å². The highest BCUT2D eigenvalue weighted by Crippen LogP contribution is 2.31. The summed E-state index contributed by atoms with van der Waals surface area (Å²) >= 11 is 1.45. The van der Waals surface area contributed by atoms with Crippen molar-refractivity contribution in [1.29, 1.82) is 0 Å².